The average molecular weight is 340 g/mol. The topological polar surface area (TPSA) is 168 Å². The van der Waals surface area contributed by atoms with E-state index < -0.39 is 74.6 Å². The summed E-state index contributed by atoms with van der Waals surface area (Å²) in [6.07, 6.45) is -13.0. The molecule has 3 aliphatic heterocycles. The standard InChI is InChI=1S/C12H20O11/c13-1-3-5(15)6(16)10-12(20-3)21-8-4(2-14)19-11(18)7(17)9(8)22-23-10/h3-18H,1-2H2/t3-,4-,5-,6+,7-,8-,9-,10-,11+,12-/m1/s1. The third kappa shape index (κ3) is 2.99. The predicted octanol–water partition coefficient (Wildman–Crippen LogP) is -4.42. The second-order valence-corrected chi connectivity index (χ2v) is 5.67. The Morgan fingerprint density at radius 2 is 1.26 bits per heavy atom. The molecule has 3 fully saturated rings. The average Bonchev–Trinajstić information content (AvgIpc) is 2.74. The van der Waals surface area contributed by atoms with E-state index in [-0.39, 0.29) is 0 Å². The van der Waals surface area contributed by atoms with Crippen molar-refractivity contribution >= 4 is 0 Å². The summed E-state index contributed by atoms with van der Waals surface area (Å²) in [4.78, 5) is 10.1. The lowest BCUT2D eigenvalue weighted by atomic mass is 9.97. The molecule has 23 heavy (non-hydrogen) atoms. The van der Waals surface area contributed by atoms with Crippen molar-refractivity contribution in [1.29, 1.82) is 0 Å². The highest BCUT2D eigenvalue weighted by atomic mass is 17.2. The van der Waals surface area contributed by atoms with E-state index in [0.29, 0.717) is 0 Å². The van der Waals surface area contributed by atoms with E-state index >= 15 is 0 Å². The van der Waals surface area contributed by atoms with Crippen LogP contribution in [0.2, 0.25) is 0 Å². The van der Waals surface area contributed by atoms with Gasteiger partial charge in [0.05, 0.1) is 13.2 Å². The van der Waals surface area contributed by atoms with Crippen molar-refractivity contribution in [3.05, 3.63) is 0 Å². The smallest absolute Gasteiger partial charge is 0.190 e. The molecule has 0 saturated carbocycles. The minimum atomic E-state index is -1.62. The first-order chi connectivity index (χ1) is 11.0. The molecule has 0 amide bonds. The van der Waals surface area contributed by atoms with Crippen LogP contribution < -0.4 is 0 Å². The van der Waals surface area contributed by atoms with Crippen LogP contribution in [-0.4, -0.2) is 105 Å². The number of hydrogen-bond acceptors (Lipinski definition) is 11. The number of fused-ring (bicyclic) bond motifs is 2. The van der Waals surface area contributed by atoms with Crippen molar-refractivity contribution in [3.63, 3.8) is 0 Å². The molecule has 0 aromatic rings. The molecule has 11 heteroatoms. The van der Waals surface area contributed by atoms with Crippen LogP contribution in [0.15, 0.2) is 0 Å². The predicted molar refractivity (Wildman–Crippen MR) is 66.4 cm³/mol. The van der Waals surface area contributed by atoms with Gasteiger partial charge in [0.15, 0.2) is 24.8 Å². The molecule has 3 saturated heterocycles. The van der Waals surface area contributed by atoms with Crippen LogP contribution in [0.25, 0.3) is 0 Å². The van der Waals surface area contributed by atoms with Crippen molar-refractivity contribution in [2.45, 2.75) is 61.4 Å². The summed E-state index contributed by atoms with van der Waals surface area (Å²) >= 11 is 0. The molecule has 0 unspecified atom stereocenters. The van der Waals surface area contributed by atoms with Gasteiger partial charge in [-0.15, -0.1) is 0 Å². The molecule has 3 aliphatic rings. The second kappa shape index (κ2) is 6.82. The van der Waals surface area contributed by atoms with Gasteiger partial charge in [-0.25, -0.2) is 9.78 Å². The van der Waals surface area contributed by atoms with Gasteiger partial charge in [0.2, 0.25) is 0 Å². The highest BCUT2D eigenvalue weighted by Crippen LogP contribution is 2.34. The molecule has 134 valence electrons. The summed E-state index contributed by atoms with van der Waals surface area (Å²) in [6, 6.07) is 0. The number of aliphatic hydroxyl groups excluding tert-OH is 6. The van der Waals surface area contributed by atoms with E-state index in [9.17, 15) is 30.6 Å². The van der Waals surface area contributed by atoms with Crippen molar-refractivity contribution < 1.29 is 54.6 Å². The van der Waals surface area contributed by atoms with Gasteiger partial charge < -0.3 is 44.8 Å². The molecule has 0 radical (unpaired) electrons. The lowest BCUT2D eigenvalue weighted by Crippen LogP contribution is -2.62. The van der Waals surface area contributed by atoms with Crippen molar-refractivity contribution in [3.8, 4) is 0 Å². The Labute approximate surface area is 130 Å². The number of hydrogen-bond donors (Lipinski definition) is 6. The van der Waals surface area contributed by atoms with Crippen LogP contribution in [0.4, 0.5) is 0 Å². The molecule has 0 aliphatic carbocycles. The SMILES string of the molecule is OC[C@H]1O[C@@H]2O[C@H]3[C@H](OO[C@@H]2[C@@H](O)[C@@H]1O)[C@@H](O)[C@@H](O)O[C@@H]3CO. The summed E-state index contributed by atoms with van der Waals surface area (Å²) in [5, 5.41) is 58.0. The Morgan fingerprint density at radius 3 is 1.91 bits per heavy atom. The highest BCUT2D eigenvalue weighted by molar-refractivity contribution is 4.95. The Hall–Kier alpha value is -0.440. The van der Waals surface area contributed by atoms with Gasteiger partial charge >= 0.3 is 0 Å². The highest BCUT2D eigenvalue weighted by Gasteiger charge is 2.55. The molecule has 0 spiro atoms. The van der Waals surface area contributed by atoms with Crippen LogP contribution in [0, 0.1) is 0 Å². The van der Waals surface area contributed by atoms with Gasteiger partial charge in [0.1, 0.15) is 36.6 Å². The van der Waals surface area contributed by atoms with E-state index in [1.165, 1.54) is 0 Å². The van der Waals surface area contributed by atoms with E-state index in [1.54, 1.807) is 0 Å². The molecule has 0 bridgehead atoms. The van der Waals surface area contributed by atoms with Crippen LogP contribution in [0.3, 0.4) is 0 Å². The van der Waals surface area contributed by atoms with E-state index in [1.807, 2.05) is 0 Å². The Kier molecular flexibility index (Phi) is 5.15. The van der Waals surface area contributed by atoms with Gasteiger partial charge in [-0.2, -0.15) is 0 Å². The van der Waals surface area contributed by atoms with Gasteiger partial charge in [0, 0.05) is 0 Å². The summed E-state index contributed by atoms with van der Waals surface area (Å²) in [6.45, 7) is -1.11. The maximum Gasteiger partial charge on any atom is 0.190 e. The summed E-state index contributed by atoms with van der Waals surface area (Å²) in [5.41, 5.74) is 0. The van der Waals surface area contributed by atoms with E-state index in [0.717, 1.165) is 0 Å². The zero-order valence-electron chi connectivity index (χ0n) is 11.9. The van der Waals surface area contributed by atoms with Crippen molar-refractivity contribution in [2.24, 2.45) is 0 Å². The van der Waals surface area contributed by atoms with Gasteiger partial charge in [0.25, 0.3) is 0 Å². The Bertz CT molecular complexity index is 408. The fraction of sp³-hybridized carbons (Fsp3) is 1.00. The summed E-state index contributed by atoms with van der Waals surface area (Å²) < 4.78 is 16.0. The summed E-state index contributed by atoms with van der Waals surface area (Å²) in [7, 11) is 0. The number of ether oxygens (including phenoxy) is 3. The maximum atomic E-state index is 10.1. The molecule has 0 aromatic carbocycles. The third-order valence-electron chi connectivity index (χ3n) is 4.21. The molecule has 0 aromatic heterocycles. The van der Waals surface area contributed by atoms with Crippen molar-refractivity contribution in [2.75, 3.05) is 13.2 Å². The lowest BCUT2D eigenvalue weighted by molar-refractivity contribution is -0.409. The lowest BCUT2D eigenvalue weighted by Gasteiger charge is -2.42. The number of rotatable bonds is 2. The van der Waals surface area contributed by atoms with Gasteiger partial charge in [-0.05, 0) is 0 Å². The Morgan fingerprint density at radius 1 is 0.609 bits per heavy atom. The van der Waals surface area contributed by atoms with Crippen LogP contribution in [-0.2, 0) is 24.0 Å². The molecule has 11 nitrogen and oxygen atoms in total. The molecular weight excluding hydrogens is 320 g/mol. The summed E-state index contributed by atoms with van der Waals surface area (Å²) in [5.74, 6) is 0. The third-order valence-corrected chi connectivity index (χ3v) is 4.21. The van der Waals surface area contributed by atoms with Crippen molar-refractivity contribution in [1.82, 2.24) is 0 Å². The van der Waals surface area contributed by atoms with Crippen LogP contribution >= 0.6 is 0 Å². The number of aliphatic hydroxyl groups is 6. The fourth-order valence-corrected chi connectivity index (χ4v) is 2.88. The fourth-order valence-electron chi connectivity index (χ4n) is 2.88. The first-order valence-corrected chi connectivity index (χ1v) is 7.20. The first-order valence-electron chi connectivity index (χ1n) is 7.20. The Balaban J connectivity index is 1.83. The quantitative estimate of drug-likeness (QED) is 0.268. The molecule has 10 atom stereocenters. The van der Waals surface area contributed by atoms with Gasteiger partial charge in [-0.3, -0.25) is 0 Å². The molecular formula is C12H20O11. The molecule has 6 N–H and O–H groups in total. The van der Waals surface area contributed by atoms with Crippen LogP contribution in [0.1, 0.15) is 0 Å². The van der Waals surface area contributed by atoms with E-state index in [4.69, 9.17) is 24.0 Å². The zero-order chi connectivity index (χ0) is 16.7. The molecule has 3 heterocycles. The minimum Gasteiger partial charge on any atom is -0.394 e. The second-order valence-electron chi connectivity index (χ2n) is 5.67. The zero-order valence-corrected chi connectivity index (χ0v) is 11.9. The van der Waals surface area contributed by atoms with Gasteiger partial charge in [-0.1, -0.05) is 0 Å². The normalized spacial score (nSPS) is 54.0. The largest absolute Gasteiger partial charge is 0.394 e. The molecule has 3 rings (SSSR count). The maximum absolute atomic E-state index is 10.1. The first kappa shape index (κ1) is 17.4. The van der Waals surface area contributed by atoms with Crippen LogP contribution in [0.5, 0.6) is 0 Å². The monoisotopic (exact) mass is 340 g/mol. The minimum absolute atomic E-state index is 0.541. The van der Waals surface area contributed by atoms with E-state index in [2.05, 4.69) is 0 Å².